The molecular weight excluding hydrogens is 204 g/mol. The van der Waals surface area contributed by atoms with Crippen molar-refractivity contribution in [3.05, 3.63) is 52.2 Å². The third-order valence-corrected chi connectivity index (χ3v) is 2.56. The first-order chi connectivity index (χ1) is 7.72. The van der Waals surface area contributed by atoms with Gasteiger partial charge in [0, 0.05) is 18.5 Å². The number of hydrogen-bond donors (Lipinski definition) is 2. The molecule has 0 radical (unpaired) electrons. The van der Waals surface area contributed by atoms with E-state index in [4.69, 9.17) is 5.11 Å². The molecule has 0 aliphatic carbocycles. The number of nitrogens with one attached hydrogen (secondary N) is 1. The second-order valence-electron chi connectivity index (χ2n) is 3.71. The first-order valence-electron chi connectivity index (χ1n) is 5.19. The van der Waals surface area contributed by atoms with Gasteiger partial charge in [0.15, 0.2) is 0 Å². The molecule has 84 valence electrons. The van der Waals surface area contributed by atoms with Crippen LogP contribution in [-0.4, -0.2) is 21.3 Å². The van der Waals surface area contributed by atoms with Crippen molar-refractivity contribution in [3.8, 4) is 5.69 Å². The van der Waals surface area contributed by atoms with E-state index in [0.717, 1.165) is 16.9 Å². The van der Waals surface area contributed by atoms with Crippen molar-refractivity contribution in [2.45, 2.75) is 13.3 Å². The van der Waals surface area contributed by atoms with Crippen LogP contribution in [0.4, 0.5) is 0 Å². The minimum absolute atomic E-state index is 0.132. The normalized spacial score (nSPS) is 10.6. The molecule has 1 aromatic carbocycles. The van der Waals surface area contributed by atoms with E-state index in [0.29, 0.717) is 6.42 Å². The Morgan fingerprint density at radius 1 is 1.31 bits per heavy atom. The van der Waals surface area contributed by atoms with Gasteiger partial charge in [-0.2, -0.15) is 0 Å². The van der Waals surface area contributed by atoms with Crippen LogP contribution < -0.4 is 5.69 Å². The summed E-state index contributed by atoms with van der Waals surface area (Å²) >= 11 is 0. The third-order valence-electron chi connectivity index (χ3n) is 2.56. The summed E-state index contributed by atoms with van der Waals surface area (Å²) in [5.74, 6) is 0. The molecule has 4 heteroatoms. The van der Waals surface area contributed by atoms with E-state index in [2.05, 4.69) is 4.98 Å². The Balaban J connectivity index is 2.39. The summed E-state index contributed by atoms with van der Waals surface area (Å²) < 4.78 is 1.61. The highest BCUT2D eigenvalue weighted by molar-refractivity contribution is 5.36. The summed E-state index contributed by atoms with van der Waals surface area (Å²) in [6.07, 6.45) is 2.32. The van der Waals surface area contributed by atoms with Crippen LogP contribution >= 0.6 is 0 Å². The molecule has 0 bridgehead atoms. The molecule has 0 saturated heterocycles. The number of aromatic amines is 1. The molecular formula is C12H14N2O2. The number of aliphatic hydroxyl groups excluding tert-OH is 1. The quantitative estimate of drug-likeness (QED) is 0.807. The number of rotatable bonds is 3. The molecule has 0 unspecified atom stereocenters. The van der Waals surface area contributed by atoms with E-state index in [1.807, 2.05) is 31.2 Å². The van der Waals surface area contributed by atoms with Gasteiger partial charge in [0.05, 0.1) is 5.69 Å². The number of H-pyrrole nitrogens is 1. The molecule has 1 aromatic heterocycles. The highest BCUT2D eigenvalue weighted by Gasteiger charge is 2.04. The predicted molar refractivity (Wildman–Crippen MR) is 61.9 cm³/mol. The summed E-state index contributed by atoms with van der Waals surface area (Å²) in [4.78, 5) is 14.2. The minimum atomic E-state index is -0.132. The smallest absolute Gasteiger partial charge is 0.330 e. The van der Waals surface area contributed by atoms with Crippen molar-refractivity contribution < 1.29 is 5.11 Å². The number of imidazole rings is 1. The second-order valence-corrected chi connectivity index (χ2v) is 3.71. The average Bonchev–Trinajstić information content (AvgIpc) is 2.61. The Morgan fingerprint density at radius 3 is 2.50 bits per heavy atom. The van der Waals surface area contributed by atoms with Crippen LogP contribution in [0.3, 0.4) is 0 Å². The zero-order chi connectivity index (χ0) is 11.5. The maximum absolute atomic E-state index is 11.5. The van der Waals surface area contributed by atoms with Crippen LogP contribution in [0.15, 0.2) is 35.3 Å². The largest absolute Gasteiger partial charge is 0.396 e. The summed E-state index contributed by atoms with van der Waals surface area (Å²) in [6, 6.07) is 7.61. The number of aliphatic hydroxyl groups is 1. The Morgan fingerprint density at radius 2 is 2.00 bits per heavy atom. The summed E-state index contributed by atoms with van der Waals surface area (Å²) in [7, 11) is 0. The maximum Gasteiger partial charge on any atom is 0.330 e. The van der Waals surface area contributed by atoms with Crippen molar-refractivity contribution in [2.75, 3.05) is 6.61 Å². The summed E-state index contributed by atoms with van der Waals surface area (Å²) in [6.45, 7) is 2.02. The van der Waals surface area contributed by atoms with Crippen LogP contribution in [0.25, 0.3) is 5.69 Å². The molecule has 0 amide bonds. The van der Waals surface area contributed by atoms with Gasteiger partial charge in [0.1, 0.15) is 0 Å². The lowest BCUT2D eigenvalue weighted by atomic mass is 10.1. The molecule has 0 aliphatic rings. The molecule has 0 saturated carbocycles. The summed E-state index contributed by atoms with van der Waals surface area (Å²) in [5, 5.41) is 8.80. The van der Waals surface area contributed by atoms with E-state index in [1.54, 1.807) is 10.8 Å². The maximum atomic E-state index is 11.5. The number of nitrogens with zero attached hydrogens (tertiary/aromatic N) is 1. The number of aromatic nitrogens is 2. The van der Waals surface area contributed by atoms with Gasteiger partial charge in [0.25, 0.3) is 0 Å². The van der Waals surface area contributed by atoms with Gasteiger partial charge in [-0.3, -0.25) is 4.57 Å². The van der Waals surface area contributed by atoms with E-state index in [9.17, 15) is 4.79 Å². The monoisotopic (exact) mass is 218 g/mol. The van der Waals surface area contributed by atoms with E-state index in [1.165, 1.54) is 0 Å². The molecule has 0 spiro atoms. The fourth-order valence-corrected chi connectivity index (χ4v) is 1.72. The van der Waals surface area contributed by atoms with Gasteiger partial charge in [-0.15, -0.1) is 0 Å². The van der Waals surface area contributed by atoms with Crippen LogP contribution in [0.1, 0.15) is 11.3 Å². The number of hydrogen-bond acceptors (Lipinski definition) is 2. The molecule has 1 heterocycles. The van der Waals surface area contributed by atoms with Gasteiger partial charge in [-0.1, -0.05) is 12.1 Å². The summed E-state index contributed by atoms with van der Waals surface area (Å²) in [5.41, 5.74) is 2.64. The third kappa shape index (κ3) is 1.92. The Bertz CT molecular complexity index is 523. The molecule has 2 aromatic rings. The Kier molecular flexibility index (Phi) is 2.92. The van der Waals surface area contributed by atoms with Crippen LogP contribution in [0.2, 0.25) is 0 Å². The Labute approximate surface area is 93.2 Å². The average molecular weight is 218 g/mol. The van der Waals surface area contributed by atoms with Crippen molar-refractivity contribution in [3.63, 3.8) is 0 Å². The standard InChI is InChI=1S/C12H14N2O2/c1-9-8-13-12(16)14(9)11-4-2-10(3-5-11)6-7-15/h2-5,8,15H,6-7H2,1H3,(H,13,16). The number of aryl methyl sites for hydroxylation is 1. The SMILES string of the molecule is Cc1c[nH]c(=O)n1-c1ccc(CCO)cc1. The van der Waals surface area contributed by atoms with Crippen LogP contribution in [0.5, 0.6) is 0 Å². The predicted octanol–water partition coefficient (Wildman–Crippen LogP) is 1.01. The Hall–Kier alpha value is -1.81. The zero-order valence-corrected chi connectivity index (χ0v) is 9.10. The zero-order valence-electron chi connectivity index (χ0n) is 9.10. The molecule has 0 fully saturated rings. The first kappa shape index (κ1) is 10.7. The van der Waals surface area contributed by atoms with Crippen LogP contribution in [0, 0.1) is 6.92 Å². The molecule has 0 aliphatic heterocycles. The lowest BCUT2D eigenvalue weighted by Crippen LogP contribution is -2.15. The van der Waals surface area contributed by atoms with Gasteiger partial charge in [0.2, 0.25) is 0 Å². The van der Waals surface area contributed by atoms with Crippen molar-refractivity contribution in [2.24, 2.45) is 0 Å². The van der Waals surface area contributed by atoms with E-state index < -0.39 is 0 Å². The fraction of sp³-hybridized carbons (Fsp3) is 0.250. The number of benzene rings is 1. The van der Waals surface area contributed by atoms with Gasteiger partial charge in [-0.05, 0) is 31.0 Å². The van der Waals surface area contributed by atoms with E-state index in [-0.39, 0.29) is 12.3 Å². The van der Waals surface area contributed by atoms with Crippen molar-refractivity contribution in [1.82, 2.24) is 9.55 Å². The molecule has 4 nitrogen and oxygen atoms in total. The van der Waals surface area contributed by atoms with Gasteiger partial charge >= 0.3 is 5.69 Å². The highest BCUT2D eigenvalue weighted by Crippen LogP contribution is 2.10. The molecule has 2 rings (SSSR count). The van der Waals surface area contributed by atoms with E-state index >= 15 is 0 Å². The van der Waals surface area contributed by atoms with Crippen LogP contribution in [-0.2, 0) is 6.42 Å². The lowest BCUT2D eigenvalue weighted by Gasteiger charge is -2.05. The molecule has 16 heavy (non-hydrogen) atoms. The first-order valence-corrected chi connectivity index (χ1v) is 5.19. The van der Waals surface area contributed by atoms with Crippen molar-refractivity contribution in [1.29, 1.82) is 0 Å². The highest BCUT2D eigenvalue weighted by atomic mass is 16.2. The van der Waals surface area contributed by atoms with Crippen molar-refractivity contribution >= 4 is 0 Å². The minimum Gasteiger partial charge on any atom is -0.396 e. The lowest BCUT2D eigenvalue weighted by molar-refractivity contribution is 0.299. The fourth-order valence-electron chi connectivity index (χ4n) is 1.72. The second kappa shape index (κ2) is 4.37. The van der Waals surface area contributed by atoms with Gasteiger partial charge < -0.3 is 10.1 Å². The molecule has 0 atom stereocenters. The molecule has 2 N–H and O–H groups in total. The van der Waals surface area contributed by atoms with Gasteiger partial charge in [-0.25, -0.2) is 4.79 Å². The topological polar surface area (TPSA) is 58.0 Å².